The first-order valence-corrected chi connectivity index (χ1v) is 8.14. The number of allylic oxidation sites excluding steroid dienone is 4. The van der Waals surface area contributed by atoms with Gasteiger partial charge >= 0.3 is 0 Å². The van der Waals surface area contributed by atoms with Gasteiger partial charge in [0.05, 0.1) is 0 Å². The molecule has 0 aromatic heterocycles. The molecule has 0 saturated carbocycles. The average Bonchev–Trinajstić information content (AvgIpc) is 2.57. The minimum Gasteiger partial charge on any atom is -0.464 e. The van der Waals surface area contributed by atoms with Crippen molar-refractivity contribution in [1.82, 2.24) is 5.32 Å². The fraction of sp³-hybridized carbons (Fsp3) is 0.167. The van der Waals surface area contributed by atoms with Gasteiger partial charge in [0.2, 0.25) is 5.88 Å². The first kappa shape index (κ1) is 15.6. The van der Waals surface area contributed by atoms with Crippen LogP contribution in [0.3, 0.4) is 0 Å². The average molecular weight is 374 g/mol. The summed E-state index contributed by atoms with van der Waals surface area (Å²) < 4.78 is 11.9. The highest BCUT2D eigenvalue weighted by Crippen LogP contribution is 2.24. The van der Waals surface area contributed by atoms with Crippen molar-refractivity contribution in [3.05, 3.63) is 82.3 Å². The van der Waals surface area contributed by atoms with Gasteiger partial charge in [0.25, 0.3) is 5.91 Å². The molecule has 2 aliphatic rings. The lowest BCUT2D eigenvalue weighted by molar-refractivity contribution is 0.0922. The monoisotopic (exact) mass is 373 g/mol. The molecule has 0 spiro atoms. The number of halogens is 1. The maximum atomic E-state index is 12.2. The van der Waals surface area contributed by atoms with Crippen LogP contribution < -0.4 is 5.32 Å². The second kappa shape index (κ2) is 7.33. The van der Waals surface area contributed by atoms with Crippen LogP contribution in [-0.4, -0.2) is 5.91 Å². The highest BCUT2D eigenvalue weighted by atomic mass is 79.9. The van der Waals surface area contributed by atoms with E-state index in [1.165, 1.54) is 11.8 Å². The van der Waals surface area contributed by atoms with Crippen LogP contribution in [0.25, 0.3) is 0 Å². The molecule has 0 saturated heterocycles. The number of amides is 1. The van der Waals surface area contributed by atoms with Gasteiger partial charge < -0.3 is 9.47 Å². The molecule has 1 aliphatic carbocycles. The third-order valence-electron chi connectivity index (χ3n) is 3.46. The summed E-state index contributed by atoms with van der Waals surface area (Å²) in [7, 11) is 0. The molecule has 4 nitrogen and oxygen atoms in total. The molecule has 0 fully saturated rings. The van der Waals surface area contributed by atoms with Crippen LogP contribution in [0.15, 0.2) is 76.7 Å². The zero-order chi connectivity index (χ0) is 16.1. The Morgan fingerprint density at radius 2 is 2.04 bits per heavy atom. The lowest BCUT2D eigenvalue weighted by Crippen LogP contribution is -2.25. The normalized spacial score (nSPS) is 16.5. The van der Waals surface area contributed by atoms with Crippen LogP contribution in [-0.2, 0) is 9.47 Å². The van der Waals surface area contributed by atoms with Crippen molar-refractivity contribution in [1.29, 1.82) is 0 Å². The molecule has 1 aromatic rings. The van der Waals surface area contributed by atoms with Crippen LogP contribution in [0.5, 0.6) is 0 Å². The number of nitrogens with one attached hydrogen (secondary N) is 1. The van der Waals surface area contributed by atoms with E-state index in [0.29, 0.717) is 23.6 Å². The van der Waals surface area contributed by atoms with E-state index in [-0.39, 0.29) is 5.91 Å². The number of hydrogen-bond donors (Lipinski definition) is 1. The van der Waals surface area contributed by atoms with E-state index in [4.69, 9.17) is 9.47 Å². The standard InChI is InChI=1S/C18H16BrNO3/c19-15-8-6-14(7-9-15)18(21)20-17-12-22-11-16(23-17)10-13-4-2-1-3-5-13/h1-2,4,6-9,11-12H,3,5,10H2,(H,20,21). The van der Waals surface area contributed by atoms with Crippen molar-refractivity contribution in [3.63, 3.8) is 0 Å². The predicted molar refractivity (Wildman–Crippen MR) is 91.0 cm³/mol. The van der Waals surface area contributed by atoms with Gasteiger partial charge in [-0.15, -0.1) is 0 Å². The summed E-state index contributed by atoms with van der Waals surface area (Å²) in [4.78, 5) is 12.2. The Kier molecular flexibility index (Phi) is 4.98. The van der Waals surface area contributed by atoms with Crippen molar-refractivity contribution in [2.75, 3.05) is 0 Å². The molecule has 1 aliphatic heterocycles. The molecule has 3 rings (SSSR count). The minimum atomic E-state index is -0.242. The summed E-state index contributed by atoms with van der Waals surface area (Å²) in [5, 5.41) is 2.71. The Morgan fingerprint density at radius 1 is 1.22 bits per heavy atom. The van der Waals surface area contributed by atoms with Gasteiger partial charge in [0.1, 0.15) is 12.0 Å². The van der Waals surface area contributed by atoms with E-state index in [1.54, 1.807) is 18.4 Å². The molecule has 0 bridgehead atoms. The zero-order valence-corrected chi connectivity index (χ0v) is 14.0. The minimum absolute atomic E-state index is 0.242. The molecule has 0 atom stereocenters. The first-order valence-electron chi connectivity index (χ1n) is 7.35. The van der Waals surface area contributed by atoms with Crippen LogP contribution in [0, 0.1) is 0 Å². The van der Waals surface area contributed by atoms with Gasteiger partial charge in [-0.3, -0.25) is 10.1 Å². The summed E-state index contributed by atoms with van der Waals surface area (Å²) in [5.74, 6) is 0.732. The summed E-state index contributed by atoms with van der Waals surface area (Å²) in [6.45, 7) is 0. The Balaban J connectivity index is 1.58. The third-order valence-corrected chi connectivity index (χ3v) is 3.99. The lowest BCUT2D eigenvalue weighted by Gasteiger charge is -2.18. The highest BCUT2D eigenvalue weighted by Gasteiger charge is 2.15. The Labute approximate surface area is 143 Å². The van der Waals surface area contributed by atoms with Gasteiger partial charge in [0.15, 0.2) is 6.26 Å². The first-order chi connectivity index (χ1) is 11.2. The largest absolute Gasteiger partial charge is 0.464 e. The number of ether oxygens (including phenoxy) is 2. The van der Waals surface area contributed by atoms with E-state index in [1.807, 2.05) is 12.1 Å². The summed E-state index contributed by atoms with van der Waals surface area (Å²) >= 11 is 3.34. The van der Waals surface area contributed by atoms with Crippen LogP contribution >= 0.6 is 15.9 Å². The molecule has 1 amide bonds. The fourth-order valence-electron chi connectivity index (χ4n) is 2.30. The summed E-state index contributed by atoms with van der Waals surface area (Å²) in [6, 6.07) is 7.10. The van der Waals surface area contributed by atoms with Gasteiger partial charge in [-0.25, -0.2) is 0 Å². The topological polar surface area (TPSA) is 47.6 Å². The quantitative estimate of drug-likeness (QED) is 0.842. The molecule has 23 heavy (non-hydrogen) atoms. The molecule has 1 heterocycles. The second-order valence-corrected chi connectivity index (χ2v) is 6.15. The molecule has 118 valence electrons. The molecular weight excluding hydrogens is 358 g/mol. The van der Waals surface area contributed by atoms with E-state index >= 15 is 0 Å². The van der Waals surface area contributed by atoms with Crippen LogP contribution in [0.1, 0.15) is 29.6 Å². The maximum absolute atomic E-state index is 12.2. The van der Waals surface area contributed by atoms with Gasteiger partial charge in [0, 0.05) is 16.5 Å². The second-order valence-electron chi connectivity index (χ2n) is 5.23. The zero-order valence-electron chi connectivity index (χ0n) is 12.4. The van der Waals surface area contributed by atoms with Gasteiger partial charge in [-0.2, -0.15) is 0 Å². The highest BCUT2D eigenvalue weighted by molar-refractivity contribution is 9.10. The van der Waals surface area contributed by atoms with Gasteiger partial charge in [-0.05, 0) is 37.1 Å². The van der Waals surface area contributed by atoms with Crippen LogP contribution in [0.4, 0.5) is 0 Å². The molecule has 0 unspecified atom stereocenters. The fourth-order valence-corrected chi connectivity index (χ4v) is 2.57. The molecular formula is C18H16BrNO3. The Hall–Kier alpha value is -2.27. The number of carbonyl (C=O) groups excluding carboxylic acids is 1. The summed E-state index contributed by atoms with van der Waals surface area (Å²) in [5.41, 5.74) is 1.83. The van der Waals surface area contributed by atoms with E-state index in [0.717, 1.165) is 17.3 Å². The maximum Gasteiger partial charge on any atom is 0.258 e. The van der Waals surface area contributed by atoms with Crippen molar-refractivity contribution < 1.29 is 14.3 Å². The van der Waals surface area contributed by atoms with Crippen LogP contribution in [0.2, 0.25) is 0 Å². The van der Waals surface area contributed by atoms with E-state index in [9.17, 15) is 4.79 Å². The van der Waals surface area contributed by atoms with Gasteiger partial charge in [-0.1, -0.05) is 39.7 Å². The van der Waals surface area contributed by atoms with Crippen molar-refractivity contribution in [2.24, 2.45) is 0 Å². The van der Waals surface area contributed by atoms with E-state index < -0.39 is 0 Å². The number of carbonyl (C=O) groups is 1. The van der Waals surface area contributed by atoms with E-state index in [2.05, 4.69) is 39.5 Å². The number of rotatable bonds is 4. The SMILES string of the molecule is O=C(NC1=COC=C(CC2=CC=CCC2)O1)c1ccc(Br)cc1. The Bertz CT molecular complexity index is 714. The lowest BCUT2D eigenvalue weighted by atomic mass is 10.0. The van der Waals surface area contributed by atoms with Crippen molar-refractivity contribution in [3.8, 4) is 0 Å². The third kappa shape index (κ3) is 4.36. The number of benzene rings is 1. The van der Waals surface area contributed by atoms with Crippen molar-refractivity contribution in [2.45, 2.75) is 19.3 Å². The Morgan fingerprint density at radius 3 is 2.78 bits per heavy atom. The smallest absolute Gasteiger partial charge is 0.258 e. The van der Waals surface area contributed by atoms with Crippen molar-refractivity contribution >= 4 is 21.8 Å². The molecule has 1 N–H and O–H groups in total. The molecule has 0 radical (unpaired) electrons. The molecule has 5 heteroatoms. The summed E-state index contributed by atoms with van der Waals surface area (Å²) in [6.07, 6.45) is 12.0. The number of hydrogen-bond acceptors (Lipinski definition) is 3. The predicted octanol–water partition coefficient (Wildman–Crippen LogP) is 4.53. The molecule has 1 aromatic carbocycles.